The quantitative estimate of drug-likeness (QED) is 0.746. The van der Waals surface area contributed by atoms with Crippen LogP contribution in [0.15, 0.2) is 11.6 Å². The fraction of sp³-hybridized carbons (Fsp3) is 0.455. The lowest BCUT2D eigenvalue weighted by Gasteiger charge is -2.09. The van der Waals surface area contributed by atoms with Crippen LogP contribution in [0.5, 0.6) is 0 Å². The van der Waals surface area contributed by atoms with Crippen molar-refractivity contribution in [1.29, 1.82) is 0 Å². The fourth-order valence-corrected chi connectivity index (χ4v) is 2.28. The number of nitrogens with one attached hydrogen (secondary N) is 3. The molecule has 0 fully saturated rings. The average molecular weight is 280 g/mol. The number of aromatic amines is 1. The second-order valence-electron chi connectivity index (χ2n) is 4.06. The van der Waals surface area contributed by atoms with Gasteiger partial charge in [0.1, 0.15) is 0 Å². The monoisotopic (exact) mass is 280 g/mol. The maximum atomic E-state index is 11.7. The predicted molar refractivity (Wildman–Crippen MR) is 73.2 cm³/mol. The van der Waals surface area contributed by atoms with Crippen molar-refractivity contribution >= 4 is 22.4 Å². The van der Waals surface area contributed by atoms with E-state index in [-0.39, 0.29) is 17.6 Å². The molecule has 0 bridgehead atoms. The highest BCUT2D eigenvalue weighted by atomic mass is 32.1. The van der Waals surface area contributed by atoms with Gasteiger partial charge < -0.3 is 5.32 Å². The van der Waals surface area contributed by atoms with E-state index in [1.54, 1.807) is 0 Å². The number of rotatable bonds is 6. The number of amides is 1. The van der Waals surface area contributed by atoms with Gasteiger partial charge in [0, 0.05) is 11.4 Å². The van der Waals surface area contributed by atoms with Gasteiger partial charge in [0.15, 0.2) is 10.8 Å². The number of nitrogens with zero attached hydrogens (tertiary/aromatic N) is 3. The lowest BCUT2D eigenvalue weighted by atomic mass is 10.2. The van der Waals surface area contributed by atoms with Crippen LogP contribution in [0.3, 0.4) is 0 Å². The van der Waals surface area contributed by atoms with Crippen LogP contribution in [0.25, 0.3) is 0 Å². The Kier molecular flexibility index (Phi) is 4.58. The van der Waals surface area contributed by atoms with E-state index >= 15 is 0 Å². The molecule has 2 aromatic heterocycles. The van der Waals surface area contributed by atoms with Crippen LogP contribution in [0.1, 0.15) is 42.5 Å². The van der Waals surface area contributed by atoms with E-state index in [1.165, 1.54) is 17.5 Å². The number of hydrogen-bond acceptors (Lipinski definition) is 6. The highest BCUT2D eigenvalue weighted by Crippen LogP contribution is 2.20. The number of hydrogen-bond donors (Lipinski definition) is 3. The molecule has 8 heteroatoms. The van der Waals surface area contributed by atoms with Gasteiger partial charge >= 0.3 is 0 Å². The number of aromatic nitrogens is 4. The normalized spacial score (nSPS) is 12.3. The third kappa shape index (κ3) is 3.58. The summed E-state index contributed by atoms with van der Waals surface area (Å²) in [6, 6.07) is 0.175. The summed E-state index contributed by atoms with van der Waals surface area (Å²) in [5.74, 6) is -0.316. The van der Waals surface area contributed by atoms with Crippen molar-refractivity contribution in [3.05, 3.63) is 23.0 Å². The van der Waals surface area contributed by atoms with Crippen molar-refractivity contribution in [3.63, 3.8) is 0 Å². The van der Waals surface area contributed by atoms with Crippen LogP contribution < -0.4 is 10.6 Å². The molecule has 102 valence electrons. The van der Waals surface area contributed by atoms with Gasteiger partial charge in [-0.25, -0.2) is 4.98 Å². The second kappa shape index (κ2) is 6.39. The molecule has 1 amide bonds. The van der Waals surface area contributed by atoms with E-state index in [0.717, 1.165) is 18.7 Å². The Morgan fingerprint density at radius 3 is 3.11 bits per heavy atom. The molecule has 0 aliphatic carbocycles. The lowest BCUT2D eigenvalue weighted by Crippen LogP contribution is -2.19. The zero-order chi connectivity index (χ0) is 13.7. The number of carbonyl (C=O) groups excluding carboxylic acids is 1. The van der Waals surface area contributed by atoms with Crippen molar-refractivity contribution in [3.8, 4) is 0 Å². The molecular weight excluding hydrogens is 264 g/mol. The molecule has 2 heterocycles. The van der Waals surface area contributed by atoms with Crippen molar-refractivity contribution < 1.29 is 4.79 Å². The third-order valence-corrected chi connectivity index (χ3v) is 3.31. The summed E-state index contributed by atoms with van der Waals surface area (Å²) < 4.78 is 0. The Hall–Kier alpha value is -1.80. The van der Waals surface area contributed by atoms with Crippen molar-refractivity contribution in [2.45, 2.75) is 26.3 Å². The molecule has 3 N–H and O–H groups in total. The number of thiazole rings is 1. The Balaban J connectivity index is 1.95. The Bertz CT molecular complexity index is 523. The molecule has 19 heavy (non-hydrogen) atoms. The molecule has 1 unspecified atom stereocenters. The van der Waals surface area contributed by atoms with Crippen molar-refractivity contribution in [1.82, 2.24) is 25.7 Å². The van der Waals surface area contributed by atoms with Crippen LogP contribution in [0.2, 0.25) is 0 Å². The van der Waals surface area contributed by atoms with E-state index in [4.69, 9.17) is 0 Å². The first-order valence-electron chi connectivity index (χ1n) is 6.06. The van der Waals surface area contributed by atoms with Gasteiger partial charge in [0.2, 0.25) is 0 Å². The van der Waals surface area contributed by atoms with Gasteiger partial charge in [-0.1, -0.05) is 6.92 Å². The number of anilines is 1. The first-order valence-corrected chi connectivity index (χ1v) is 6.94. The minimum Gasteiger partial charge on any atom is -0.309 e. The van der Waals surface area contributed by atoms with Gasteiger partial charge in [0.25, 0.3) is 5.91 Å². The van der Waals surface area contributed by atoms with Crippen molar-refractivity contribution in [2.75, 3.05) is 11.9 Å². The molecule has 1 atom stereocenters. The van der Waals surface area contributed by atoms with Crippen LogP contribution >= 0.6 is 11.3 Å². The van der Waals surface area contributed by atoms with E-state index in [9.17, 15) is 4.79 Å². The maximum absolute atomic E-state index is 11.7. The SMILES string of the molecule is CCCNC(C)c1csc(NC(=O)c2cn[nH]n2)n1. The minimum absolute atomic E-state index is 0.175. The van der Waals surface area contributed by atoms with Gasteiger partial charge in [-0.2, -0.15) is 15.4 Å². The van der Waals surface area contributed by atoms with Crippen LogP contribution in [0.4, 0.5) is 5.13 Å². The molecule has 7 nitrogen and oxygen atoms in total. The minimum atomic E-state index is -0.316. The Morgan fingerprint density at radius 2 is 2.42 bits per heavy atom. The predicted octanol–water partition coefficient (Wildman–Crippen LogP) is 1.57. The first-order chi connectivity index (χ1) is 9.20. The van der Waals surface area contributed by atoms with Gasteiger partial charge in [-0.3, -0.25) is 10.1 Å². The van der Waals surface area contributed by atoms with Gasteiger partial charge in [-0.15, -0.1) is 11.3 Å². The van der Waals surface area contributed by atoms with Gasteiger partial charge in [-0.05, 0) is 19.9 Å². The van der Waals surface area contributed by atoms with Gasteiger partial charge in [0.05, 0.1) is 11.9 Å². The summed E-state index contributed by atoms with van der Waals surface area (Å²) >= 11 is 1.40. The molecule has 0 aliphatic heterocycles. The molecule has 0 aromatic carbocycles. The molecule has 2 aromatic rings. The van der Waals surface area contributed by atoms with Crippen LogP contribution in [-0.4, -0.2) is 32.8 Å². The summed E-state index contributed by atoms with van der Waals surface area (Å²) in [7, 11) is 0. The summed E-state index contributed by atoms with van der Waals surface area (Å²) in [6.07, 6.45) is 2.44. The zero-order valence-corrected chi connectivity index (χ0v) is 11.6. The summed E-state index contributed by atoms with van der Waals surface area (Å²) in [4.78, 5) is 16.1. The topological polar surface area (TPSA) is 95.6 Å². The summed E-state index contributed by atoms with van der Waals surface area (Å²) in [6.45, 7) is 5.11. The second-order valence-corrected chi connectivity index (χ2v) is 4.92. The molecule has 2 rings (SSSR count). The van der Waals surface area contributed by atoms with E-state index in [2.05, 4.69) is 38.0 Å². The smallest absolute Gasteiger partial charge is 0.279 e. The third-order valence-electron chi connectivity index (χ3n) is 2.53. The molecule has 0 spiro atoms. The molecule has 0 aliphatic rings. The molecule has 0 saturated carbocycles. The average Bonchev–Trinajstić information content (AvgIpc) is 3.06. The molecule has 0 saturated heterocycles. The maximum Gasteiger partial charge on any atom is 0.279 e. The van der Waals surface area contributed by atoms with E-state index in [0.29, 0.717) is 5.13 Å². The number of carbonyl (C=O) groups is 1. The summed E-state index contributed by atoms with van der Waals surface area (Å²) in [5.41, 5.74) is 1.17. The van der Waals surface area contributed by atoms with Crippen LogP contribution in [-0.2, 0) is 0 Å². The van der Waals surface area contributed by atoms with Crippen molar-refractivity contribution in [2.24, 2.45) is 0 Å². The highest BCUT2D eigenvalue weighted by molar-refractivity contribution is 7.14. The molecule has 0 radical (unpaired) electrons. The zero-order valence-electron chi connectivity index (χ0n) is 10.8. The number of H-pyrrole nitrogens is 1. The van der Waals surface area contributed by atoms with E-state index < -0.39 is 0 Å². The van der Waals surface area contributed by atoms with Crippen LogP contribution in [0, 0.1) is 0 Å². The Labute approximate surface area is 114 Å². The fourth-order valence-electron chi connectivity index (χ4n) is 1.48. The summed E-state index contributed by atoms with van der Waals surface area (Å²) in [5, 5.41) is 18.2. The van der Waals surface area contributed by atoms with E-state index in [1.807, 2.05) is 12.3 Å². The largest absolute Gasteiger partial charge is 0.309 e. The first kappa shape index (κ1) is 13.6. The lowest BCUT2D eigenvalue weighted by molar-refractivity contribution is 0.102. The molecular formula is C11H16N6OS. The standard InChI is InChI=1S/C11H16N6OS/c1-3-4-12-7(2)9-6-19-11(14-9)15-10(18)8-5-13-17-16-8/h5-7,12H,3-4H2,1-2H3,(H,13,16,17)(H,14,15,18). The Morgan fingerprint density at radius 1 is 1.58 bits per heavy atom. The highest BCUT2D eigenvalue weighted by Gasteiger charge is 2.13.